The maximum Gasteiger partial charge on any atom is 0.162 e. The molecule has 0 saturated carbocycles. The monoisotopic (exact) mass is 499 g/mol. The lowest BCUT2D eigenvalue weighted by molar-refractivity contribution is -0.118. The van der Waals surface area contributed by atoms with Gasteiger partial charge in [-0.25, -0.2) is 9.99 Å². The molecule has 3 N–H and O–H groups in total. The summed E-state index contributed by atoms with van der Waals surface area (Å²) in [6, 6.07) is 19.1. The third-order valence-corrected chi connectivity index (χ3v) is 7.03. The average molecular weight is 500 g/mol. The summed E-state index contributed by atoms with van der Waals surface area (Å²) >= 11 is 6.68. The van der Waals surface area contributed by atoms with Crippen LogP contribution in [0, 0.1) is 16.7 Å². The number of nitriles is 1. The lowest BCUT2D eigenvalue weighted by Gasteiger charge is -2.43. The van der Waals surface area contributed by atoms with Gasteiger partial charge in [0.25, 0.3) is 0 Å². The number of hydrazine groups is 1. The molecule has 0 fully saturated rings. The number of hydrogen-bond donors (Lipinski definition) is 2. The first kappa shape index (κ1) is 23.7. The van der Waals surface area contributed by atoms with Crippen LogP contribution in [-0.4, -0.2) is 22.9 Å². The van der Waals surface area contributed by atoms with Crippen molar-refractivity contribution in [1.82, 2.24) is 9.99 Å². The van der Waals surface area contributed by atoms with Crippen molar-refractivity contribution < 1.29 is 9.53 Å². The molecule has 0 saturated heterocycles. The number of ether oxygens (including phenoxy) is 1. The van der Waals surface area contributed by atoms with E-state index in [1.54, 1.807) is 12.1 Å². The van der Waals surface area contributed by atoms with Gasteiger partial charge in [0.1, 0.15) is 16.7 Å². The van der Waals surface area contributed by atoms with Gasteiger partial charge < -0.3 is 10.5 Å². The van der Waals surface area contributed by atoms with Crippen LogP contribution in [0.15, 0.2) is 77.3 Å². The van der Waals surface area contributed by atoms with Gasteiger partial charge >= 0.3 is 0 Å². The summed E-state index contributed by atoms with van der Waals surface area (Å²) in [5.74, 6) is 0.212. The van der Waals surface area contributed by atoms with Gasteiger partial charge in [-0.05, 0) is 48.2 Å². The minimum Gasteiger partial charge on any atom is -0.497 e. The highest BCUT2D eigenvalue weighted by Crippen LogP contribution is 2.50. The SMILES string of the molecule is COc1ccc(NN2C(N)=C(C#N)C(c3cc4ccccc4nc3Cl)C3=C2CC(C)(C)CC3=O)cc1. The molecule has 8 heteroatoms. The zero-order valence-electron chi connectivity index (χ0n) is 20.3. The van der Waals surface area contributed by atoms with Gasteiger partial charge in [0.05, 0.1) is 41.6 Å². The lowest BCUT2D eigenvalue weighted by atomic mass is 9.69. The predicted octanol–water partition coefficient (Wildman–Crippen LogP) is 5.66. The number of Topliss-reactive ketones (excluding diaryl/α,β-unsaturated/α-hetero) is 1. The van der Waals surface area contributed by atoms with Gasteiger partial charge in [-0.1, -0.05) is 43.6 Å². The van der Waals surface area contributed by atoms with E-state index >= 15 is 0 Å². The summed E-state index contributed by atoms with van der Waals surface area (Å²) in [6.45, 7) is 4.11. The molecule has 3 aromatic rings. The maximum atomic E-state index is 13.7. The van der Waals surface area contributed by atoms with E-state index in [4.69, 9.17) is 22.1 Å². The van der Waals surface area contributed by atoms with Crippen molar-refractivity contribution in [3.05, 3.63) is 88.0 Å². The molecular formula is C28H26ClN5O2. The molecule has 7 nitrogen and oxygen atoms in total. The molecule has 1 aromatic heterocycles. The normalized spacial score (nSPS) is 19.2. The van der Waals surface area contributed by atoms with Crippen molar-refractivity contribution in [3.63, 3.8) is 0 Å². The van der Waals surface area contributed by atoms with E-state index in [-0.39, 0.29) is 27.7 Å². The summed E-state index contributed by atoms with van der Waals surface area (Å²) < 4.78 is 5.26. The van der Waals surface area contributed by atoms with Crippen LogP contribution in [0.25, 0.3) is 10.9 Å². The van der Waals surface area contributed by atoms with Crippen LogP contribution < -0.4 is 15.9 Å². The number of aromatic nitrogens is 1. The maximum absolute atomic E-state index is 13.7. The molecule has 2 aromatic carbocycles. The van der Waals surface area contributed by atoms with Crippen LogP contribution in [0.3, 0.4) is 0 Å². The van der Waals surface area contributed by atoms with E-state index in [0.717, 1.165) is 22.3 Å². The second-order valence-corrected chi connectivity index (χ2v) is 10.2. The van der Waals surface area contributed by atoms with Gasteiger partial charge in [-0.2, -0.15) is 5.26 Å². The summed E-state index contributed by atoms with van der Waals surface area (Å²) in [5, 5.41) is 13.1. The molecule has 36 heavy (non-hydrogen) atoms. The standard InChI is InChI=1S/C28H26ClN5O2/c1-28(2)13-22-25(23(35)14-28)24(19-12-16-6-4-5-7-21(16)32-26(19)29)20(15-30)27(31)34(22)33-17-8-10-18(36-3)11-9-17/h4-12,24,33H,13-14,31H2,1-3H3. The Morgan fingerprint density at radius 3 is 2.61 bits per heavy atom. The molecule has 0 amide bonds. The van der Waals surface area contributed by atoms with Crippen molar-refractivity contribution in [2.24, 2.45) is 11.1 Å². The van der Waals surface area contributed by atoms with Gasteiger partial charge in [-0.15, -0.1) is 0 Å². The number of fused-ring (bicyclic) bond motifs is 1. The number of anilines is 1. The van der Waals surface area contributed by atoms with E-state index in [2.05, 4.69) is 30.3 Å². The van der Waals surface area contributed by atoms with Crippen LogP contribution in [-0.2, 0) is 4.79 Å². The number of nitrogens with zero attached hydrogens (tertiary/aromatic N) is 3. The first-order chi connectivity index (χ1) is 17.2. The summed E-state index contributed by atoms with van der Waals surface area (Å²) in [6.07, 6.45) is 0.946. The quantitative estimate of drug-likeness (QED) is 0.446. The van der Waals surface area contributed by atoms with E-state index in [9.17, 15) is 10.1 Å². The lowest BCUT2D eigenvalue weighted by Crippen LogP contribution is -2.44. The van der Waals surface area contributed by atoms with E-state index in [1.165, 1.54) is 0 Å². The molecule has 1 unspecified atom stereocenters. The first-order valence-electron chi connectivity index (χ1n) is 11.6. The van der Waals surface area contributed by atoms with Crippen molar-refractivity contribution in [2.45, 2.75) is 32.6 Å². The number of rotatable bonds is 4. The molecule has 1 aliphatic carbocycles. The molecule has 2 heterocycles. The van der Waals surface area contributed by atoms with Crippen LogP contribution in [0.4, 0.5) is 5.69 Å². The Morgan fingerprint density at radius 2 is 1.92 bits per heavy atom. The second-order valence-electron chi connectivity index (χ2n) is 9.88. The largest absolute Gasteiger partial charge is 0.497 e. The number of nitrogens with one attached hydrogen (secondary N) is 1. The van der Waals surface area contributed by atoms with Crippen LogP contribution >= 0.6 is 11.6 Å². The molecule has 1 aliphatic heterocycles. The fraction of sp³-hybridized carbons (Fsp3) is 0.250. The highest BCUT2D eigenvalue weighted by Gasteiger charge is 2.45. The Morgan fingerprint density at radius 1 is 1.19 bits per heavy atom. The molecule has 182 valence electrons. The van der Waals surface area contributed by atoms with Crippen LogP contribution in [0.2, 0.25) is 5.15 Å². The number of halogens is 1. The third-order valence-electron chi connectivity index (χ3n) is 6.73. The number of carbonyl (C=O) groups is 1. The molecule has 0 radical (unpaired) electrons. The number of pyridine rings is 1. The summed E-state index contributed by atoms with van der Waals surface area (Å²) in [5.41, 5.74) is 13.3. The number of carbonyl (C=O) groups excluding carboxylic acids is 1. The summed E-state index contributed by atoms with van der Waals surface area (Å²) in [7, 11) is 1.60. The van der Waals surface area contributed by atoms with Crippen molar-refractivity contribution in [3.8, 4) is 11.8 Å². The van der Waals surface area contributed by atoms with Gasteiger partial charge in [0.15, 0.2) is 5.78 Å². The molecule has 2 aliphatic rings. The second kappa shape index (κ2) is 8.89. The highest BCUT2D eigenvalue weighted by molar-refractivity contribution is 6.31. The molecule has 0 bridgehead atoms. The minimum absolute atomic E-state index is 0.0303. The highest BCUT2D eigenvalue weighted by atomic mass is 35.5. The number of hydrogen-bond acceptors (Lipinski definition) is 7. The van der Waals surface area contributed by atoms with Crippen molar-refractivity contribution in [2.75, 3.05) is 12.5 Å². The number of methoxy groups -OCH3 is 1. The fourth-order valence-electron chi connectivity index (χ4n) is 5.05. The van der Waals surface area contributed by atoms with Crippen LogP contribution in [0.1, 0.15) is 38.2 Å². The minimum atomic E-state index is -0.702. The fourth-order valence-corrected chi connectivity index (χ4v) is 5.31. The van der Waals surface area contributed by atoms with E-state index in [0.29, 0.717) is 29.7 Å². The number of allylic oxidation sites excluding steroid dienone is 3. The van der Waals surface area contributed by atoms with Crippen molar-refractivity contribution >= 4 is 34.0 Å². The Bertz CT molecular complexity index is 1480. The van der Waals surface area contributed by atoms with E-state index in [1.807, 2.05) is 54.6 Å². The van der Waals surface area contributed by atoms with E-state index < -0.39 is 5.92 Å². The van der Waals surface area contributed by atoms with Gasteiger partial charge in [-0.3, -0.25) is 10.2 Å². The Kier molecular flexibility index (Phi) is 5.85. The van der Waals surface area contributed by atoms with Gasteiger partial charge in [0, 0.05) is 22.9 Å². The Hall–Kier alpha value is -4.02. The average Bonchev–Trinajstić information content (AvgIpc) is 2.85. The van der Waals surface area contributed by atoms with Crippen molar-refractivity contribution in [1.29, 1.82) is 5.26 Å². The number of para-hydroxylation sites is 1. The first-order valence-corrected chi connectivity index (χ1v) is 12.0. The smallest absolute Gasteiger partial charge is 0.162 e. The molecular weight excluding hydrogens is 474 g/mol. The Balaban J connectivity index is 1.70. The summed E-state index contributed by atoms with van der Waals surface area (Å²) in [4.78, 5) is 18.2. The number of benzene rings is 2. The zero-order valence-corrected chi connectivity index (χ0v) is 21.1. The number of ketones is 1. The molecule has 0 spiro atoms. The third kappa shape index (κ3) is 4.04. The van der Waals surface area contributed by atoms with Gasteiger partial charge in [0.2, 0.25) is 0 Å². The predicted molar refractivity (Wildman–Crippen MR) is 140 cm³/mol. The van der Waals surface area contributed by atoms with Crippen LogP contribution in [0.5, 0.6) is 5.75 Å². The molecule has 1 atom stereocenters. The Labute approximate surface area is 214 Å². The number of nitrogens with two attached hydrogens (primary N) is 1. The molecule has 5 rings (SSSR count). The zero-order chi connectivity index (χ0) is 25.6. The topological polar surface area (TPSA) is 104 Å².